The Morgan fingerprint density at radius 3 is 2.56 bits per heavy atom. The second kappa shape index (κ2) is 7.31. The lowest BCUT2D eigenvalue weighted by molar-refractivity contribution is -0.137. The summed E-state index contributed by atoms with van der Waals surface area (Å²) in [7, 11) is 0. The van der Waals surface area contributed by atoms with Gasteiger partial charge in [-0.3, -0.25) is 19.6 Å². The summed E-state index contributed by atoms with van der Waals surface area (Å²) in [5, 5.41) is 0. The molecule has 3 aliphatic rings. The van der Waals surface area contributed by atoms with Gasteiger partial charge in [0.1, 0.15) is 24.8 Å². The quantitative estimate of drug-likeness (QED) is 0.715. The summed E-state index contributed by atoms with van der Waals surface area (Å²) in [5.74, 6) is 0.436. The molecule has 168 valence electrons. The highest BCUT2D eigenvalue weighted by molar-refractivity contribution is 6.12. The zero-order chi connectivity index (χ0) is 22.6. The Bertz CT molecular complexity index is 1080. The van der Waals surface area contributed by atoms with Crippen LogP contribution in [0.15, 0.2) is 30.9 Å². The molecule has 3 amide bonds. The van der Waals surface area contributed by atoms with Gasteiger partial charge in [-0.15, -0.1) is 0 Å². The number of pyridine rings is 1. The Balaban J connectivity index is 1.29. The minimum atomic E-state index is -4.59. The van der Waals surface area contributed by atoms with Crippen LogP contribution in [0.5, 0.6) is 5.88 Å². The number of rotatable bonds is 4. The number of nitrogens with zero attached hydrogens (tertiary/aromatic N) is 5. The topological polar surface area (TPSA) is 115 Å². The number of carbonyl (C=O) groups excluding carboxylic acids is 2. The summed E-state index contributed by atoms with van der Waals surface area (Å²) in [5.41, 5.74) is 4.63. The van der Waals surface area contributed by atoms with E-state index in [1.807, 2.05) is 0 Å². The number of urea groups is 1. The minimum absolute atomic E-state index is 0.0496. The number of nitrogen functional groups attached to an aromatic ring is 1. The van der Waals surface area contributed by atoms with Crippen LogP contribution >= 0.6 is 0 Å². The largest absolute Gasteiger partial charge is 0.474 e. The van der Waals surface area contributed by atoms with E-state index in [1.54, 1.807) is 0 Å². The van der Waals surface area contributed by atoms with Crippen molar-refractivity contribution in [2.75, 3.05) is 17.2 Å². The number of carbonyl (C=O) groups is 2. The summed E-state index contributed by atoms with van der Waals surface area (Å²) in [6, 6.07) is 1.45. The van der Waals surface area contributed by atoms with Crippen molar-refractivity contribution in [3.05, 3.63) is 36.4 Å². The summed E-state index contributed by atoms with van der Waals surface area (Å²) < 4.78 is 45.0. The molecule has 12 heteroatoms. The summed E-state index contributed by atoms with van der Waals surface area (Å²) in [6.45, 7) is -0.310. The number of hydrogen-bond acceptors (Lipinski definition) is 7. The van der Waals surface area contributed by atoms with E-state index in [0.717, 1.165) is 23.6 Å². The lowest BCUT2D eigenvalue weighted by Crippen LogP contribution is -2.46. The molecule has 2 aromatic rings. The van der Waals surface area contributed by atoms with Gasteiger partial charge in [0, 0.05) is 18.3 Å². The maximum Gasteiger partial charge on any atom is 0.417 e. The molecule has 5 rings (SSSR count). The number of imide groups is 1. The van der Waals surface area contributed by atoms with Crippen molar-refractivity contribution in [2.24, 2.45) is 11.8 Å². The van der Waals surface area contributed by atoms with Crippen molar-refractivity contribution in [1.82, 2.24) is 19.9 Å². The number of nitrogens with two attached hydrogens (primary N) is 1. The van der Waals surface area contributed by atoms with E-state index in [0.29, 0.717) is 30.7 Å². The second-order valence-corrected chi connectivity index (χ2v) is 8.29. The van der Waals surface area contributed by atoms with Gasteiger partial charge in [0.2, 0.25) is 5.88 Å². The minimum Gasteiger partial charge on any atom is -0.474 e. The summed E-state index contributed by atoms with van der Waals surface area (Å²) in [4.78, 5) is 39.4. The van der Waals surface area contributed by atoms with Crippen molar-refractivity contribution >= 4 is 23.4 Å². The van der Waals surface area contributed by atoms with Crippen LogP contribution in [0.4, 0.5) is 29.5 Å². The normalized spacial score (nSPS) is 27.5. The zero-order valence-corrected chi connectivity index (χ0v) is 16.7. The van der Waals surface area contributed by atoms with E-state index in [2.05, 4.69) is 15.0 Å². The number of fused-ring (bicyclic) bond motifs is 2. The first-order chi connectivity index (χ1) is 15.2. The lowest BCUT2D eigenvalue weighted by Gasteiger charge is -2.32. The van der Waals surface area contributed by atoms with E-state index in [-0.39, 0.29) is 36.2 Å². The molecule has 2 N–H and O–H groups in total. The Kier molecular flexibility index (Phi) is 4.68. The number of anilines is 2. The maximum atomic E-state index is 13.0. The van der Waals surface area contributed by atoms with Crippen LogP contribution in [-0.4, -0.2) is 50.5 Å². The fourth-order valence-corrected chi connectivity index (χ4v) is 5.00. The molecule has 9 nitrogen and oxygen atoms in total. The average molecular weight is 448 g/mol. The molecular formula is C20H19F3N6O3. The highest BCUT2D eigenvalue weighted by Gasteiger charge is 2.54. The molecule has 3 fully saturated rings. The third-order valence-electron chi connectivity index (χ3n) is 6.38. The van der Waals surface area contributed by atoms with E-state index in [9.17, 15) is 22.8 Å². The van der Waals surface area contributed by atoms with Gasteiger partial charge in [0.15, 0.2) is 0 Å². The summed E-state index contributed by atoms with van der Waals surface area (Å²) in [6.07, 6.45) is 0.458. The van der Waals surface area contributed by atoms with Gasteiger partial charge in [0.25, 0.3) is 5.91 Å². The summed E-state index contributed by atoms with van der Waals surface area (Å²) >= 11 is 0. The molecule has 0 radical (unpaired) electrons. The number of alkyl halides is 3. The predicted octanol–water partition coefficient (Wildman–Crippen LogP) is 2.49. The SMILES string of the molecule is Nc1cc(OC2CC3CC2CC3N2C(=O)CN(c3cncc(C(F)(F)F)c3)C2=O)ncn1. The van der Waals surface area contributed by atoms with Crippen molar-refractivity contribution in [3.8, 4) is 5.88 Å². The van der Waals surface area contributed by atoms with E-state index < -0.39 is 23.7 Å². The third-order valence-corrected chi connectivity index (χ3v) is 6.38. The van der Waals surface area contributed by atoms with Gasteiger partial charge in [0.05, 0.1) is 17.4 Å². The lowest BCUT2D eigenvalue weighted by atomic mass is 9.92. The first kappa shape index (κ1) is 20.5. The molecule has 2 bridgehead atoms. The van der Waals surface area contributed by atoms with E-state index in [1.165, 1.54) is 17.3 Å². The number of ether oxygens (including phenoxy) is 1. The van der Waals surface area contributed by atoms with Gasteiger partial charge in [-0.1, -0.05) is 0 Å². The van der Waals surface area contributed by atoms with Crippen LogP contribution < -0.4 is 15.4 Å². The first-order valence-electron chi connectivity index (χ1n) is 10.1. The van der Waals surface area contributed by atoms with Crippen molar-refractivity contribution in [1.29, 1.82) is 0 Å². The van der Waals surface area contributed by atoms with Crippen LogP contribution in [0.1, 0.15) is 24.8 Å². The van der Waals surface area contributed by atoms with Crippen LogP contribution in [0.25, 0.3) is 0 Å². The zero-order valence-electron chi connectivity index (χ0n) is 16.7. The molecular weight excluding hydrogens is 429 g/mol. The highest BCUT2D eigenvalue weighted by atomic mass is 19.4. The fraction of sp³-hybridized carbons (Fsp3) is 0.450. The number of amides is 3. The molecule has 2 aromatic heterocycles. The van der Waals surface area contributed by atoms with Crippen molar-refractivity contribution in [2.45, 2.75) is 37.6 Å². The van der Waals surface area contributed by atoms with Gasteiger partial charge in [-0.05, 0) is 37.2 Å². The van der Waals surface area contributed by atoms with Gasteiger partial charge < -0.3 is 10.5 Å². The monoisotopic (exact) mass is 448 g/mol. The van der Waals surface area contributed by atoms with Gasteiger partial charge >= 0.3 is 12.2 Å². The molecule has 4 atom stereocenters. The Labute approximate surface area is 180 Å². The molecule has 4 unspecified atom stereocenters. The number of hydrogen-bond donors (Lipinski definition) is 1. The average Bonchev–Trinajstić information content (AvgIpc) is 3.40. The number of halogens is 3. The first-order valence-corrected chi connectivity index (χ1v) is 10.1. The van der Waals surface area contributed by atoms with Gasteiger partial charge in [-0.2, -0.15) is 13.2 Å². The molecule has 2 aliphatic carbocycles. The van der Waals surface area contributed by atoms with Crippen LogP contribution in [-0.2, 0) is 11.0 Å². The Hall–Kier alpha value is -3.44. The molecule has 32 heavy (non-hydrogen) atoms. The van der Waals surface area contributed by atoms with Gasteiger partial charge in [-0.25, -0.2) is 14.8 Å². The second-order valence-electron chi connectivity index (χ2n) is 8.29. The smallest absolute Gasteiger partial charge is 0.417 e. The number of aromatic nitrogens is 3. The Morgan fingerprint density at radius 2 is 1.88 bits per heavy atom. The molecule has 1 saturated heterocycles. The third kappa shape index (κ3) is 3.49. The van der Waals surface area contributed by atoms with Crippen LogP contribution in [0.2, 0.25) is 0 Å². The standard InChI is InChI=1S/C20H19F3N6O3/c21-20(22,23)12-4-13(7-25-6-12)28-8-18(30)29(19(28)31)14-2-11-1-10(14)3-15(11)32-17-5-16(24)26-9-27-17/h4-7,9-11,14-15H,1-3,8H2,(H2,24,26,27). The molecule has 3 heterocycles. The van der Waals surface area contributed by atoms with E-state index in [4.69, 9.17) is 10.5 Å². The molecule has 0 aromatic carbocycles. The molecule has 0 spiro atoms. The van der Waals surface area contributed by atoms with Crippen molar-refractivity contribution in [3.63, 3.8) is 0 Å². The fourth-order valence-electron chi connectivity index (χ4n) is 5.00. The molecule has 1 aliphatic heterocycles. The highest BCUT2D eigenvalue weighted by Crippen LogP contribution is 2.49. The molecule has 2 saturated carbocycles. The van der Waals surface area contributed by atoms with Crippen LogP contribution in [0, 0.1) is 11.8 Å². The van der Waals surface area contributed by atoms with Crippen molar-refractivity contribution < 1.29 is 27.5 Å². The van der Waals surface area contributed by atoms with Crippen LogP contribution in [0.3, 0.4) is 0 Å². The van der Waals surface area contributed by atoms with E-state index >= 15 is 0 Å². The maximum absolute atomic E-state index is 13.0. The predicted molar refractivity (Wildman–Crippen MR) is 104 cm³/mol. The Morgan fingerprint density at radius 1 is 1.06 bits per heavy atom.